The van der Waals surface area contributed by atoms with E-state index in [4.69, 9.17) is 5.73 Å². The van der Waals surface area contributed by atoms with Crippen molar-refractivity contribution >= 4 is 21.8 Å². The Bertz CT molecular complexity index is 430. The van der Waals surface area contributed by atoms with Crippen molar-refractivity contribution in [2.24, 2.45) is 5.73 Å². The van der Waals surface area contributed by atoms with Crippen molar-refractivity contribution in [1.82, 2.24) is 5.32 Å². The molecule has 1 amide bonds. The van der Waals surface area contributed by atoms with Crippen LogP contribution >= 0.6 is 15.9 Å². The van der Waals surface area contributed by atoms with Crippen molar-refractivity contribution in [3.05, 3.63) is 33.8 Å². The van der Waals surface area contributed by atoms with E-state index in [1.165, 1.54) is 11.1 Å². The van der Waals surface area contributed by atoms with Crippen LogP contribution in [0.2, 0.25) is 0 Å². The lowest BCUT2D eigenvalue weighted by atomic mass is 9.82. The molecule has 0 aromatic heterocycles. The molecule has 0 aliphatic carbocycles. The summed E-state index contributed by atoms with van der Waals surface area (Å²) < 4.78 is 1.06. The van der Waals surface area contributed by atoms with Gasteiger partial charge in [-0.2, -0.15) is 0 Å². The predicted octanol–water partition coefficient (Wildman–Crippen LogP) is 2.50. The van der Waals surface area contributed by atoms with E-state index in [-0.39, 0.29) is 11.3 Å². The van der Waals surface area contributed by atoms with Gasteiger partial charge in [0.15, 0.2) is 0 Å². The first kappa shape index (κ1) is 15.2. The molecule has 3 nitrogen and oxygen atoms in total. The SMILES string of the molecule is Cc1ccc(Br)cc1C(C)(C)CNC(=O)CCN. The molecule has 100 valence electrons. The smallest absolute Gasteiger partial charge is 0.221 e. The number of nitrogens with two attached hydrogens (primary N) is 1. The van der Waals surface area contributed by atoms with Crippen molar-refractivity contribution in [3.63, 3.8) is 0 Å². The molecular weight excluding hydrogens is 292 g/mol. The van der Waals surface area contributed by atoms with E-state index in [0.717, 1.165) is 4.47 Å². The number of hydrogen-bond acceptors (Lipinski definition) is 2. The number of benzene rings is 1. The van der Waals surface area contributed by atoms with E-state index < -0.39 is 0 Å². The van der Waals surface area contributed by atoms with Gasteiger partial charge in [0.25, 0.3) is 0 Å². The maximum atomic E-state index is 11.5. The van der Waals surface area contributed by atoms with Crippen molar-refractivity contribution in [2.45, 2.75) is 32.6 Å². The van der Waals surface area contributed by atoms with Crippen LogP contribution in [0, 0.1) is 6.92 Å². The number of amides is 1. The third kappa shape index (κ3) is 4.10. The van der Waals surface area contributed by atoms with Crippen LogP contribution in [0.25, 0.3) is 0 Å². The van der Waals surface area contributed by atoms with E-state index in [9.17, 15) is 4.79 Å². The first-order valence-corrected chi connectivity index (χ1v) is 6.89. The zero-order chi connectivity index (χ0) is 13.8. The molecule has 18 heavy (non-hydrogen) atoms. The lowest BCUT2D eigenvalue weighted by Gasteiger charge is -2.27. The molecule has 0 saturated heterocycles. The summed E-state index contributed by atoms with van der Waals surface area (Å²) in [6, 6.07) is 6.23. The van der Waals surface area contributed by atoms with E-state index in [0.29, 0.717) is 19.5 Å². The Hall–Kier alpha value is -0.870. The Morgan fingerprint density at radius 1 is 1.44 bits per heavy atom. The monoisotopic (exact) mass is 312 g/mol. The third-order valence-electron chi connectivity index (χ3n) is 3.03. The Balaban J connectivity index is 2.79. The summed E-state index contributed by atoms with van der Waals surface area (Å²) in [5.74, 6) is 0.0122. The van der Waals surface area contributed by atoms with Gasteiger partial charge in [-0.25, -0.2) is 0 Å². The molecule has 4 heteroatoms. The molecule has 0 saturated carbocycles. The number of aryl methyl sites for hydroxylation is 1. The molecule has 0 fully saturated rings. The van der Waals surface area contributed by atoms with E-state index in [1.807, 2.05) is 6.07 Å². The van der Waals surface area contributed by atoms with Crippen LogP contribution in [0.3, 0.4) is 0 Å². The summed E-state index contributed by atoms with van der Waals surface area (Å²) in [5, 5.41) is 2.93. The lowest BCUT2D eigenvalue weighted by molar-refractivity contribution is -0.121. The fraction of sp³-hybridized carbons (Fsp3) is 0.500. The molecule has 0 spiro atoms. The minimum Gasteiger partial charge on any atom is -0.355 e. The zero-order valence-electron chi connectivity index (χ0n) is 11.2. The molecule has 0 aliphatic rings. The fourth-order valence-corrected chi connectivity index (χ4v) is 2.32. The second-order valence-corrected chi connectivity index (χ2v) is 6.07. The molecule has 0 unspecified atom stereocenters. The molecule has 1 aromatic rings. The average Bonchev–Trinajstić information content (AvgIpc) is 2.30. The van der Waals surface area contributed by atoms with Crippen LogP contribution in [-0.2, 0) is 10.2 Å². The van der Waals surface area contributed by atoms with Crippen molar-refractivity contribution in [3.8, 4) is 0 Å². The second kappa shape index (κ2) is 6.34. The number of carbonyl (C=O) groups excluding carboxylic acids is 1. The van der Waals surface area contributed by atoms with E-state index >= 15 is 0 Å². The second-order valence-electron chi connectivity index (χ2n) is 5.16. The minimum atomic E-state index is -0.0991. The molecule has 3 N–H and O–H groups in total. The molecule has 1 aromatic carbocycles. The Kier molecular flexibility index (Phi) is 5.35. The highest BCUT2D eigenvalue weighted by molar-refractivity contribution is 9.10. The fourth-order valence-electron chi connectivity index (χ4n) is 1.96. The van der Waals surface area contributed by atoms with Gasteiger partial charge >= 0.3 is 0 Å². The lowest BCUT2D eigenvalue weighted by Crippen LogP contribution is -2.37. The van der Waals surface area contributed by atoms with Crippen LogP contribution in [0.1, 0.15) is 31.4 Å². The van der Waals surface area contributed by atoms with E-state index in [2.05, 4.69) is 54.2 Å². The van der Waals surface area contributed by atoms with Gasteiger partial charge in [-0.15, -0.1) is 0 Å². The first-order chi connectivity index (χ1) is 8.36. The topological polar surface area (TPSA) is 55.1 Å². The van der Waals surface area contributed by atoms with Gasteiger partial charge in [0.05, 0.1) is 0 Å². The Morgan fingerprint density at radius 2 is 2.11 bits per heavy atom. The predicted molar refractivity (Wildman–Crippen MR) is 78.6 cm³/mol. The Morgan fingerprint density at radius 3 is 2.72 bits per heavy atom. The molecule has 1 rings (SSSR count). The number of rotatable bonds is 5. The standard InChI is InChI=1S/C14H21BrN2O/c1-10-4-5-11(15)8-12(10)14(2,3)9-17-13(18)6-7-16/h4-5,8H,6-7,9,16H2,1-3H3,(H,17,18). The largest absolute Gasteiger partial charge is 0.355 e. The molecule has 0 aliphatic heterocycles. The first-order valence-electron chi connectivity index (χ1n) is 6.10. The van der Waals surface area contributed by atoms with Crippen molar-refractivity contribution in [1.29, 1.82) is 0 Å². The maximum Gasteiger partial charge on any atom is 0.221 e. The summed E-state index contributed by atoms with van der Waals surface area (Å²) >= 11 is 3.49. The van der Waals surface area contributed by atoms with Gasteiger partial charge in [-0.05, 0) is 30.2 Å². The highest BCUT2D eigenvalue weighted by Crippen LogP contribution is 2.28. The van der Waals surface area contributed by atoms with Gasteiger partial charge in [0.2, 0.25) is 5.91 Å². The van der Waals surface area contributed by atoms with Crippen molar-refractivity contribution in [2.75, 3.05) is 13.1 Å². The van der Waals surface area contributed by atoms with Crippen LogP contribution in [0.5, 0.6) is 0 Å². The summed E-state index contributed by atoms with van der Waals surface area (Å²) in [6.45, 7) is 7.35. The number of nitrogens with one attached hydrogen (secondary N) is 1. The highest BCUT2D eigenvalue weighted by atomic mass is 79.9. The Labute approximate surface area is 117 Å². The van der Waals surface area contributed by atoms with Crippen LogP contribution in [0.4, 0.5) is 0 Å². The summed E-state index contributed by atoms with van der Waals surface area (Å²) in [4.78, 5) is 11.5. The molecule has 0 radical (unpaired) electrons. The molecule has 0 bridgehead atoms. The molecular formula is C14H21BrN2O. The summed E-state index contributed by atoms with van der Waals surface area (Å²) in [7, 11) is 0. The number of hydrogen-bond donors (Lipinski definition) is 2. The third-order valence-corrected chi connectivity index (χ3v) is 3.52. The number of carbonyl (C=O) groups is 1. The van der Waals surface area contributed by atoms with Gasteiger partial charge < -0.3 is 11.1 Å². The normalized spacial score (nSPS) is 11.4. The van der Waals surface area contributed by atoms with Crippen LogP contribution in [0.15, 0.2) is 22.7 Å². The summed E-state index contributed by atoms with van der Waals surface area (Å²) in [5.41, 5.74) is 7.73. The maximum absolute atomic E-state index is 11.5. The van der Waals surface area contributed by atoms with E-state index in [1.54, 1.807) is 0 Å². The quantitative estimate of drug-likeness (QED) is 0.877. The van der Waals surface area contributed by atoms with Gasteiger partial charge in [-0.3, -0.25) is 4.79 Å². The average molecular weight is 313 g/mol. The molecule has 0 heterocycles. The highest BCUT2D eigenvalue weighted by Gasteiger charge is 2.23. The van der Waals surface area contributed by atoms with Crippen LogP contribution in [-0.4, -0.2) is 19.0 Å². The number of halogens is 1. The van der Waals surface area contributed by atoms with Crippen LogP contribution < -0.4 is 11.1 Å². The van der Waals surface area contributed by atoms with Gasteiger partial charge in [0.1, 0.15) is 0 Å². The molecule has 0 atom stereocenters. The minimum absolute atomic E-state index is 0.0122. The zero-order valence-corrected chi connectivity index (χ0v) is 12.8. The van der Waals surface area contributed by atoms with Gasteiger partial charge in [0, 0.05) is 29.4 Å². The summed E-state index contributed by atoms with van der Waals surface area (Å²) in [6.07, 6.45) is 0.382. The van der Waals surface area contributed by atoms with Gasteiger partial charge in [-0.1, -0.05) is 35.8 Å². The van der Waals surface area contributed by atoms with Crippen molar-refractivity contribution < 1.29 is 4.79 Å².